The molecule has 1 aromatic heterocycles. The average Bonchev–Trinajstić information content (AvgIpc) is 2.83. The molecule has 0 spiro atoms. The number of thiazole rings is 1. The highest BCUT2D eigenvalue weighted by molar-refractivity contribution is 7.98. The Bertz CT molecular complexity index is 525. The fourth-order valence-corrected chi connectivity index (χ4v) is 3.11. The summed E-state index contributed by atoms with van der Waals surface area (Å²) in [5, 5.41) is 15.7. The molecule has 0 aliphatic carbocycles. The molecule has 5 N–H and O–H groups in total. The Morgan fingerprint density at radius 3 is 3.05 bits per heavy atom. The zero-order chi connectivity index (χ0) is 15.7. The maximum Gasteiger partial charge on any atom is 0.253 e. The third kappa shape index (κ3) is 7.51. The third-order valence-corrected chi connectivity index (χ3v) is 4.19. The van der Waals surface area contributed by atoms with Crippen molar-refractivity contribution in [3.63, 3.8) is 0 Å². The summed E-state index contributed by atoms with van der Waals surface area (Å²) < 4.78 is 0. The average molecular weight is 330 g/mol. The number of nitrogens with zero attached hydrogens (tertiary/aromatic N) is 3. The van der Waals surface area contributed by atoms with Crippen molar-refractivity contribution in [2.24, 2.45) is 16.5 Å². The Kier molecular flexibility index (Phi) is 7.54. The van der Waals surface area contributed by atoms with Gasteiger partial charge in [-0.1, -0.05) is 0 Å². The molecule has 1 rings (SSSR count). The molecule has 0 bridgehead atoms. The van der Waals surface area contributed by atoms with Crippen molar-refractivity contribution in [1.82, 2.24) is 10.3 Å². The molecule has 21 heavy (non-hydrogen) atoms. The first-order chi connectivity index (χ1) is 10.0. The number of nitrogens with one attached hydrogen (secondary N) is 1. The van der Waals surface area contributed by atoms with Crippen LogP contribution in [0.2, 0.25) is 0 Å². The van der Waals surface area contributed by atoms with E-state index in [1.54, 1.807) is 18.8 Å². The van der Waals surface area contributed by atoms with Gasteiger partial charge in [-0.05, 0) is 18.6 Å². The largest absolute Gasteiger partial charge is 0.386 e. The minimum Gasteiger partial charge on any atom is -0.386 e. The molecule has 0 unspecified atom stereocenters. The fourth-order valence-electron chi connectivity index (χ4n) is 1.45. The Labute approximate surface area is 130 Å². The summed E-state index contributed by atoms with van der Waals surface area (Å²) in [5.41, 5.74) is 12.1. The molecule has 0 amide bonds. The summed E-state index contributed by atoms with van der Waals surface area (Å²) in [6.45, 7) is 0. The maximum atomic E-state index is 10.4. The number of thioether (sulfide) groups is 1. The van der Waals surface area contributed by atoms with Crippen molar-refractivity contribution < 1.29 is 4.92 Å². The Balaban J connectivity index is 2.27. The van der Waals surface area contributed by atoms with E-state index in [2.05, 4.69) is 15.3 Å². The quantitative estimate of drug-likeness (QED) is 0.205. The minimum atomic E-state index is -0.445. The molecule has 0 aliphatic rings. The molecule has 0 atom stereocenters. The van der Waals surface area contributed by atoms with Crippen molar-refractivity contribution in [2.45, 2.75) is 18.6 Å². The Hall–Kier alpha value is -1.81. The molecule has 1 heterocycles. The van der Waals surface area contributed by atoms with Crippen LogP contribution < -0.4 is 16.8 Å². The fraction of sp³-hybridized carbons (Fsp3) is 0.455. The summed E-state index contributed by atoms with van der Waals surface area (Å²) >= 11 is 3.11. The summed E-state index contributed by atoms with van der Waals surface area (Å²) in [6, 6.07) is 0. The lowest BCUT2D eigenvalue weighted by Crippen LogP contribution is -2.21. The molecule has 1 aromatic rings. The van der Waals surface area contributed by atoms with Gasteiger partial charge in [0.2, 0.25) is 5.13 Å². The van der Waals surface area contributed by atoms with Crippen LogP contribution in [-0.2, 0) is 5.75 Å². The van der Waals surface area contributed by atoms with Crippen LogP contribution >= 0.6 is 23.1 Å². The number of nitrogens with two attached hydrogens (primary N) is 2. The van der Waals surface area contributed by atoms with Crippen LogP contribution in [0, 0.1) is 10.1 Å². The lowest BCUT2D eigenvalue weighted by molar-refractivity contribution is -0.403. The first-order valence-electron chi connectivity index (χ1n) is 6.15. The molecule has 0 aromatic carbocycles. The van der Waals surface area contributed by atoms with E-state index in [9.17, 15) is 10.1 Å². The predicted molar refractivity (Wildman–Crippen MR) is 87.1 cm³/mol. The van der Waals surface area contributed by atoms with Gasteiger partial charge in [0.1, 0.15) is 0 Å². The number of nitro groups is 1. The molecule has 8 nitrogen and oxygen atoms in total. The van der Waals surface area contributed by atoms with E-state index in [-0.39, 0.29) is 5.96 Å². The first kappa shape index (κ1) is 17.2. The van der Waals surface area contributed by atoms with Gasteiger partial charge in [-0.3, -0.25) is 10.1 Å². The number of hydrogen-bond acceptors (Lipinski definition) is 7. The van der Waals surface area contributed by atoms with Crippen LogP contribution in [0.15, 0.2) is 22.3 Å². The maximum absolute atomic E-state index is 10.4. The van der Waals surface area contributed by atoms with Crippen LogP contribution in [0.25, 0.3) is 0 Å². The van der Waals surface area contributed by atoms with Gasteiger partial charge < -0.3 is 16.8 Å². The zero-order valence-electron chi connectivity index (χ0n) is 11.6. The molecule has 0 saturated carbocycles. The molecule has 0 saturated heterocycles. The van der Waals surface area contributed by atoms with Crippen molar-refractivity contribution >= 4 is 34.2 Å². The van der Waals surface area contributed by atoms with Crippen molar-refractivity contribution in [2.75, 3.05) is 12.8 Å². The van der Waals surface area contributed by atoms with Crippen LogP contribution in [0.4, 0.5) is 5.13 Å². The first-order valence-corrected chi connectivity index (χ1v) is 8.18. The monoisotopic (exact) mass is 330 g/mol. The smallest absolute Gasteiger partial charge is 0.253 e. The standard InChI is InChI=1S/C11H18N6O2S2/c1-14-8(5-17(18)19)3-2-4-20-6-9-7-21-11(15-9)16-10(12)13/h5,7,14H,2-4,6H2,1H3,(H4,12,13,15,16)/b8-5-. The summed E-state index contributed by atoms with van der Waals surface area (Å²) in [5.74, 6) is 1.66. The number of rotatable bonds is 9. The van der Waals surface area contributed by atoms with Gasteiger partial charge in [0.15, 0.2) is 5.96 Å². The second-order valence-corrected chi connectivity index (χ2v) is 5.95. The van der Waals surface area contributed by atoms with E-state index < -0.39 is 4.92 Å². The van der Waals surface area contributed by atoms with Crippen LogP contribution in [0.5, 0.6) is 0 Å². The zero-order valence-corrected chi connectivity index (χ0v) is 13.2. The number of guanidine groups is 1. The lowest BCUT2D eigenvalue weighted by Gasteiger charge is -2.03. The van der Waals surface area contributed by atoms with Crippen molar-refractivity contribution in [1.29, 1.82) is 0 Å². The van der Waals surface area contributed by atoms with Gasteiger partial charge >= 0.3 is 0 Å². The van der Waals surface area contributed by atoms with Gasteiger partial charge in [-0.15, -0.1) is 11.3 Å². The van der Waals surface area contributed by atoms with E-state index in [0.717, 1.165) is 29.8 Å². The normalized spacial score (nSPS) is 11.2. The topological polar surface area (TPSA) is 132 Å². The molecule has 0 fully saturated rings. The van der Waals surface area contributed by atoms with E-state index in [4.69, 9.17) is 11.5 Å². The van der Waals surface area contributed by atoms with E-state index >= 15 is 0 Å². The molecule has 116 valence electrons. The number of hydrogen-bond donors (Lipinski definition) is 3. The molecule has 0 radical (unpaired) electrons. The summed E-state index contributed by atoms with van der Waals surface area (Å²) in [4.78, 5) is 18.1. The van der Waals surface area contributed by atoms with Gasteiger partial charge in [0, 0.05) is 18.2 Å². The number of aliphatic imine (C=N–C) groups is 1. The van der Waals surface area contributed by atoms with Crippen molar-refractivity contribution in [3.8, 4) is 0 Å². The molecule has 0 aliphatic heterocycles. The van der Waals surface area contributed by atoms with Gasteiger partial charge in [-0.2, -0.15) is 16.8 Å². The summed E-state index contributed by atoms with van der Waals surface area (Å²) in [7, 11) is 1.68. The molecular weight excluding hydrogens is 312 g/mol. The number of aromatic nitrogens is 1. The highest BCUT2D eigenvalue weighted by Crippen LogP contribution is 2.22. The van der Waals surface area contributed by atoms with Crippen LogP contribution in [0.1, 0.15) is 18.5 Å². The Morgan fingerprint density at radius 2 is 2.43 bits per heavy atom. The second-order valence-electron chi connectivity index (χ2n) is 4.00. The minimum absolute atomic E-state index is 0.000672. The predicted octanol–water partition coefficient (Wildman–Crippen LogP) is 1.40. The van der Waals surface area contributed by atoms with Gasteiger partial charge in [0.25, 0.3) is 6.20 Å². The van der Waals surface area contributed by atoms with Crippen molar-refractivity contribution in [3.05, 3.63) is 33.1 Å². The highest BCUT2D eigenvalue weighted by Gasteiger charge is 2.03. The van der Waals surface area contributed by atoms with E-state index in [0.29, 0.717) is 17.2 Å². The third-order valence-electron chi connectivity index (χ3n) is 2.33. The van der Waals surface area contributed by atoms with Gasteiger partial charge in [0.05, 0.1) is 16.3 Å². The lowest BCUT2D eigenvalue weighted by atomic mass is 10.3. The molecular formula is C11H18N6O2S2. The second kappa shape index (κ2) is 9.19. The van der Waals surface area contributed by atoms with Gasteiger partial charge in [-0.25, -0.2) is 4.98 Å². The SMILES string of the molecule is CN/C(=C\[N+](=O)[O-])CCCSCc1csc(N=C(N)N)n1. The highest BCUT2D eigenvalue weighted by atomic mass is 32.2. The van der Waals surface area contributed by atoms with Crippen LogP contribution in [0.3, 0.4) is 0 Å². The van der Waals surface area contributed by atoms with Crippen LogP contribution in [-0.4, -0.2) is 28.7 Å². The number of allylic oxidation sites excluding steroid dienone is 1. The summed E-state index contributed by atoms with van der Waals surface area (Å²) in [6.07, 6.45) is 2.52. The molecule has 10 heteroatoms. The van der Waals surface area contributed by atoms with E-state index in [1.165, 1.54) is 11.3 Å². The van der Waals surface area contributed by atoms with E-state index in [1.807, 2.05) is 5.38 Å². The Morgan fingerprint density at radius 1 is 1.67 bits per heavy atom.